The van der Waals surface area contributed by atoms with Crippen molar-refractivity contribution in [3.05, 3.63) is 11.8 Å². The summed E-state index contributed by atoms with van der Waals surface area (Å²) in [4.78, 5) is 14.1. The summed E-state index contributed by atoms with van der Waals surface area (Å²) in [6.07, 6.45) is 1.13. The van der Waals surface area contributed by atoms with Gasteiger partial charge in [-0.05, 0) is 6.92 Å². The molecule has 4 nitrogen and oxygen atoms in total. The van der Waals surface area contributed by atoms with Crippen LogP contribution in [0, 0.1) is 0 Å². The number of rotatable bonds is 1. The second-order valence-electron chi connectivity index (χ2n) is 1.25. The molecule has 4 N–H and O–H groups in total. The summed E-state index contributed by atoms with van der Waals surface area (Å²) in [5.74, 6) is 3.90. The van der Waals surface area contributed by atoms with Gasteiger partial charge in [0.05, 0.1) is 5.57 Å². The van der Waals surface area contributed by atoms with E-state index in [2.05, 4.69) is 10.7 Å². The lowest BCUT2D eigenvalue weighted by atomic mass is 10.3. The molecule has 0 aliphatic heterocycles. The highest BCUT2D eigenvalue weighted by Gasteiger charge is 1.99. The van der Waals surface area contributed by atoms with Gasteiger partial charge in [0, 0.05) is 6.20 Å². The molecular weight excluding hydrogens is 108 g/mol. The van der Waals surface area contributed by atoms with Gasteiger partial charge in [0.15, 0.2) is 0 Å². The second kappa shape index (κ2) is 3.04. The van der Waals surface area contributed by atoms with E-state index < -0.39 is 5.97 Å². The van der Waals surface area contributed by atoms with Crippen molar-refractivity contribution in [3.63, 3.8) is 0 Å². The van der Waals surface area contributed by atoms with Crippen LogP contribution in [0.1, 0.15) is 6.92 Å². The number of carbonyl (C=O) groups excluding carboxylic acids is 1. The monoisotopic (exact) mass is 116 g/mol. The topological polar surface area (TPSA) is 78.3 Å². The lowest BCUT2D eigenvalue weighted by Gasteiger charge is -1.92. The highest BCUT2D eigenvalue weighted by molar-refractivity contribution is 5.87. The van der Waals surface area contributed by atoms with E-state index in [0.717, 1.165) is 6.20 Å². The minimum Gasteiger partial charge on any atom is -0.404 e. The van der Waals surface area contributed by atoms with Gasteiger partial charge >= 0.3 is 5.97 Å². The molecule has 0 radical (unpaired) electrons. The predicted octanol–water partition coefficient (Wildman–Crippen LogP) is -0.734. The normalized spacial score (nSPS) is 11.0. The molecule has 0 aliphatic rings. The van der Waals surface area contributed by atoms with Crippen LogP contribution in [0.3, 0.4) is 0 Å². The molecule has 0 aromatic carbocycles. The van der Waals surface area contributed by atoms with Crippen LogP contribution in [0.25, 0.3) is 0 Å². The van der Waals surface area contributed by atoms with Gasteiger partial charge in [-0.1, -0.05) is 0 Å². The SMILES string of the molecule is C/C(=C/N)C(=O)ON. The average Bonchev–Trinajstić information content (AvgIpc) is 1.84. The van der Waals surface area contributed by atoms with Crippen LogP contribution >= 0.6 is 0 Å². The van der Waals surface area contributed by atoms with Gasteiger partial charge < -0.3 is 10.6 Å². The van der Waals surface area contributed by atoms with Gasteiger partial charge in [0.2, 0.25) is 0 Å². The van der Waals surface area contributed by atoms with Crippen molar-refractivity contribution in [3.8, 4) is 0 Å². The fourth-order valence-corrected chi connectivity index (χ4v) is 0.161. The van der Waals surface area contributed by atoms with Gasteiger partial charge in [-0.25, -0.2) is 4.79 Å². The minimum absolute atomic E-state index is 0.299. The molecule has 0 spiro atoms. The van der Waals surface area contributed by atoms with E-state index in [-0.39, 0.29) is 0 Å². The summed E-state index contributed by atoms with van der Waals surface area (Å²) in [6.45, 7) is 1.51. The maximum Gasteiger partial charge on any atom is 0.353 e. The van der Waals surface area contributed by atoms with Crippen LogP contribution in [-0.2, 0) is 9.63 Å². The number of carbonyl (C=O) groups is 1. The van der Waals surface area contributed by atoms with Crippen LogP contribution in [0.5, 0.6) is 0 Å². The fourth-order valence-electron chi connectivity index (χ4n) is 0.161. The predicted molar refractivity (Wildman–Crippen MR) is 28.2 cm³/mol. The highest BCUT2D eigenvalue weighted by Crippen LogP contribution is 1.88. The van der Waals surface area contributed by atoms with Crippen molar-refractivity contribution < 1.29 is 9.63 Å². The molecule has 0 atom stereocenters. The zero-order valence-electron chi connectivity index (χ0n) is 4.55. The van der Waals surface area contributed by atoms with E-state index in [1.165, 1.54) is 6.92 Å². The number of hydrogen-bond donors (Lipinski definition) is 2. The van der Waals surface area contributed by atoms with Crippen molar-refractivity contribution in [2.24, 2.45) is 11.6 Å². The van der Waals surface area contributed by atoms with Gasteiger partial charge in [0.25, 0.3) is 0 Å². The maximum absolute atomic E-state index is 10.2. The van der Waals surface area contributed by atoms with Gasteiger partial charge in [-0.3, -0.25) is 0 Å². The average molecular weight is 116 g/mol. The van der Waals surface area contributed by atoms with Crippen LogP contribution in [0.2, 0.25) is 0 Å². The van der Waals surface area contributed by atoms with E-state index in [1.807, 2.05) is 0 Å². The first-order valence-corrected chi connectivity index (χ1v) is 2.02. The van der Waals surface area contributed by atoms with Crippen LogP contribution in [-0.4, -0.2) is 5.97 Å². The molecule has 46 valence electrons. The molecular formula is C4H8N2O2. The van der Waals surface area contributed by atoms with Crippen molar-refractivity contribution in [2.75, 3.05) is 0 Å². The third-order valence-corrected chi connectivity index (χ3v) is 0.679. The number of hydrogen-bond acceptors (Lipinski definition) is 4. The molecule has 0 amide bonds. The molecule has 0 aromatic heterocycles. The zero-order chi connectivity index (χ0) is 6.57. The summed E-state index contributed by atoms with van der Waals surface area (Å²) >= 11 is 0. The van der Waals surface area contributed by atoms with Crippen molar-refractivity contribution in [2.45, 2.75) is 6.92 Å². The van der Waals surface area contributed by atoms with Gasteiger partial charge in [-0.2, -0.15) is 5.90 Å². The maximum atomic E-state index is 10.2. The van der Waals surface area contributed by atoms with E-state index in [4.69, 9.17) is 5.73 Å². The standard InChI is InChI=1S/C4H8N2O2/c1-3(2-5)4(7)8-6/h2H,5-6H2,1H3/b3-2-. The second-order valence-corrected chi connectivity index (χ2v) is 1.25. The Kier molecular flexibility index (Phi) is 2.64. The summed E-state index contributed by atoms with van der Waals surface area (Å²) < 4.78 is 0. The Morgan fingerprint density at radius 3 is 2.38 bits per heavy atom. The van der Waals surface area contributed by atoms with Crippen molar-refractivity contribution >= 4 is 5.97 Å². The van der Waals surface area contributed by atoms with Crippen molar-refractivity contribution in [1.29, 1.82) is 0 Å². The zero-order valence-corrected chi connectivity index (χ0v) is 4.55. The van der Waals surface area contributed by atoms with Gasteiger partial charge in [0.1, 0.15) is 0 Å². The number of nitrogens with two attached hydrogens (primary N) is 2. The van der Waals surface area contributed by atoms with Gasteiger partial charge in [-0.15, -0.1) is 0 Å². The van der Waals surface area contributed by atoms with E-state index >= 15 is 0 Å². The Balaban J connectivity index is 3.83. The summed E-state index contributed by atoms with van der Waals surface area (Å²) in [6, 6.07) is 0. The van der Waals surface area contributed by atoms with E-state index in [0.29, 0.717) is 5.57 Å². The van der Waals surface area contributed by atoms with E-state index in [9.17, 15) is 4.79 Å². The minimum atomic E-state index is -0.604. The van der Waals surface area contributed by atoms with Crippen LogP contribution in [0.4, 0.5) is 0 Å². The molecule has 0 fully saturated rings. The quantitative estimate of drug-likeness (QED) is 0.349. The Morgan fingerprint density at radius 1 is 1.75 bits per heavy atom. The fraction of sp³-hybridized carbons (Fsp3) is 0.250. The molecule has 0 bridgehead atoms. The summed E-state index contributed by atoms with van der Waals surface area (Å²) in [5, 5.41) is 0. The summed E-state index contributed by atoms with van der Waals surface area (Å²) in [5.41, 5.74) is 5.23. The third-order valence-electron chi connectivity index (χ3n) is 0.679. The van der Waals surface area contributed by atoms with E-state index in [1.54, 1.807) is 0 Å². The molecule has 0 unspecified atom stereocenters. The Labute approximate surface area is 47.1 Å². The Hall–Kier alpha value is -1.03. The first-order chi connectivity index (χ1) is 3.72. The molecule has 4 heteroatoms. The molecule has 0 rings (SSSR count). The summed E-state index contributed by atoms with van der Waals surface area (Å²) in [7, 11) is 0. The van der Waals surface area contributed by atoms with Crippen LogP contribution < -0.4 is 11.6 Å². The molecule has 8 heavy (non-hydrogen) atoms. The molecule has 0 heterocycles. The van der Waals surface area contributed by atoms with Crippen molar-refractivity contribution in [1.82, 2.24) is 0 Å². The molecule has 0 aliphatic carbocycles. The lowest BCUT2D eigenvalue weighted by molar-refractivity contribution is -0.139. The molecule has 0 aromatic rings. The first kappa shape index (κ1) is 6.97. The Bertz CT molecular complexity index is 119. The smallest absolute Gasteiger partial charge is 0.353 e. The largest absolute Gasteiger partial charge is 0.404 e. The molecule has 0 saturated carbocycles. The first-order valence-electron chi connectivity index (χ1n) is 2.02. The molecule has 0 saturated heterocycles. The van der Waals surface area contributed by atoms with Crippen LogP contribution in [0.15, 0.2) is 11.8 Å². The highest BCUT2D eigenvalue weighted by atomic mass is 16.7. The Morgan fingerprint density at radius 2 is 2.25 bits per heavy atom. The third kappa shape index (κ3) is 1.61. The lowest BCUT2D eigenvalue weighted by Crippen LogP contribution is -2.11.